The van der Waals surface area contributed by atoms with E-state index in [0.717, 1.165) is 0 Å². The van der Waals surface area contributed by atoms with E-state index in [4.69, 9.17) is 25.8 Å². The summed E-state index contributed by atoms with van der Waals surface area (Å²) < 4.78 is 35.2. The van der Waals surface area contributed by atoms with Crippen LogP contribution in [0.3, 0.4) is 0 Å². The standard InChI is InChI=1S/C27H24N4O5S.CH4/c1-35-20-13-14-23(24(16-20)36-21-6-4-5-19(15-21)26(28)29)31-27(32)18-11-9-17(10-12-18)22-7-2-3-8-25(22)37(30,33)34;/h2-16H,1H3,(H3,28,29)(H,31,32)(H2,30,33,34);1H4. The van der Waals surface area contributed by atoms with Crippen molar-refractivity contribution in [3.05, 3.63) is 102 Å². The Labute approximate surface area is 221 Å². The predicted molar refractivity (Wildman–Crippen MR) is 148 cm³/mol. The molecule has 1 amide bonds. The maximum absolute atomic E-state index is 13.0. The first-order valence-corrected chi connectivity index (χ1v) is 12.5. The van der Waals surface area contributed by atoms with Gasteiger partial charge >= 0.3 is 0 Å². The highest BCUT2D eigenvalue weighted by Gasteiger charge is 2.16. The number of benzene rings is 4. The number of amidine groups is 1. The van der Waals surface area contributed by atoms with Gasteiger partial charge in [0.2, 0.25) is 10.0 Å². The molecule has 4 aromatic carbocycles. The van der Waals surface area contributed by atoms with Gasteiger partial charge in [-0.05, 0) is 48.0 Å². The summed E-state index contributed by atoms with van der Waals surface area (Å²) in [4.78, 5) is 13.0. The lowest BCUT2D eigenvalue weighted by molar-refractivity contribution is 0.102. The van der Waals surface area contributed by atoms with E-state index in [1.165, 1.54) is 13.2 Å². The Morgan fingerprint density at radius 2 is 1.58 bits per heavy atom. The van der Waals surface area contributed by atoms with Crippen LogP contribution in [0.4, 0.5) is 5.69 Å². The number of nitrogen functional groups attached to an aromatic ring is 1. The van der Waals surface area contributed by atoms with Crippen molar-refractivity contribution >= 4 is 27.5 Å². The van der Waals surface area contributed by atoms with Crippen LogP contribution in [-0.2, 0) is 10.0 Å². The first kappa shape index (κ1) is 27.9. The van der Waals surface area contributed by atoms with Crippen LogP contribution in [0.1, 0.15) is 23.3 Å². The average molecular weight is 533 g/mol. The molecule has 10 heteroatoms. The number of nitrogens with two attached hydrogens (primary N) is 2. The number of sulfonamides is 1. The minimum Gasteiger partial charge on any atom is -0.497 e. The van der Waals surface area contributed by atoms with E-state index in [0.29, 0.717) is 45.2 Å². The fourth-order valence-electron chi connectivity index (χ4n) is 3.62. The van der Waals surface area contributed by atoms with Gasteiger partial charge in [0.1, 0.15) is 17.3 Å². The molecule has 0 radical (unpaired) electrons. The van der Waals surface area contributed by atoms with Gasteiger partial charge in [-0.3, -0.25) is 10.2 Å². The number of rotatable bonds is 8. The molecule has 0 bridgehead atoms. The fourth-order valence-corrected chi connectivity index (χ4v) is 4.38. The van der Waals surface area contributed by atoms with Crippen molar-refractivity contribution in [2.45, 2.75) is 12.3 Å². The zero-order chi connectivity index (χ0) is 26.6. The number of methoxy groups -OCH3 is 1. The van der Waals surface area contributed by atoms with Crippen LogP contribution in [-0.4, -0.2) is 27.3 Å². The van der Waals surface area contributed by atoms with E-state index in [-0.39, 0.29) is 18.2 Å². The monoisotopic (exact) mass is 532 g/mol. The maximum atomic E-state index is 13.0. The summed E-state index contributed by atoms with van der Waals surface area (Å²) in [5.74, 6) is 0.772. The molecule has 0 unspecified atom stereocenters. The zero-order valence-electron chi connectivity index (χ0n) is 19.8. The molecule has 0 spiro atoms. The van der Waals surface area contributed by atoms with Crippen molar-refractivity contribution in [3.8, 4) is 28.4 Å². The minimum atomic E-state index is -3.91. The Morgan fingerprint density at radius 1 is 0.868 bits per heavy atom. The second kappa shape index (κ2) is 11.6. The summed E-state index contributed by atoms with van der Waals surface area (Å²) in [7, 11) is -2.40. The molecule has 4 rings (SSSR count). The highest BCUT2D eigenvalue weighted by Crippen LogP contribution is 2.34. The molecule has 0 aliphatic rings. The van der Waals surface area contributed by atoms with Gasteiger partial charge in [-0.2, -0.15) is 0 Å². The van der Waals surface area contributed by atoms with E-state index in [1.807, 2.05) is 0 Å². The molecule has 0 saturated carbocycles. The van der Waals surface area contributed by atoms with Gasteiger partial charge in [-0.1, -0.05) is 49.9 Å². The maximum Gasteiger partial charge on any atom is 0.255 e. The van der Waals surface area contributed by atoms with E-state index in [2.05, 4.69) is 5.32 Å². The van der Waals surface area contributed by atoms with Gasteiger partial charge in [-0.15, -0.1) is 0 Å². The van der Waals surface area contributed by atoms with E-state index >= 15 is 0 Å². The highest BCUT2D eigenvalue weighted by molar-refractivity contribution is 7.89. The molecule has 0 fully saturated rings. The van der Waals surface area contributed by atoms with Crippen LogP contribution in [0, 0.1) is 5.41 Å². The van der Waals surface area contributed by atoms with Gasteiger partial charge in [0.25, 0.3) is 5.91 Å². The van der Waals surface area contributed by atoms with Crippen molar-refractivity contribution in [1.82, 2.24) is 0 Å². The number of nitrogens with one attached hydrogen (secondary N) is 2. The van der Waals surface area contributed by atoms with E-state index in [1.54, 1.807) is 84.9 Å². The number of hydrogen-bond donors (Lipinski definition) is 4. The topological polar surface area (TPSA) is 158 Å². The normalized spacial score (nSPS) is 10.7. The third-order valence-corrected chi connectivity index (χ3v) is 6.43. The smallest absolute Gasteiger partial charge is 0.255 e. The third-order valence-electron chi connectivity index (χ3n) is 5.46. The number of amides is 1. The summed E-state index contributed by atoms with van der Waals surface area (Å²) in [5.41, 5.74) is 7.84. The SMILES string of the molecule is C.COc1ccc(NC(=O)c2ccc(-c3ccccc3S(N)(=O)=O)cc2)c(Oc2cccc(C(=N)N)c2)c1. The van der Waals surface area contributed by atoms with Crippen molar-refractivity contribution in [2.24, 2.45) is 10.9 Å². The fraction of sp³-hybridized carbons (Fsp3) is 0.0714. The number of carbonyl (C=O) groups is 1. The molecule has 196 valence electrons. The molecular weight excluding hydrogens is 504 g/mol. The summed E-state index contributed by atoms with van der Waals surface area (Å²) in [5, 5.41) is 15.8. The zero-order valence-corrected chi connectivity index (χ0v) is 20.6. The van der Waals surface area contributed by atoms with Crippen molar-refractivity contribution < 1.29 is 22.7 Å². The second-order valence-corrected chi connectivity index (χ2v) is 9.51. The average Bonchev–Trinajstić information content (AvgIpc) is 2.89. The predicted octanol–water partition coefficient (Wildman–Crippen LogP) is 4.97. The molecule has 6 N–H and O–H groups in total. The molecule has 0 aliphatic heterocycles. The Morgan fingerprint density at radius 3 is 2.24 bits per heavy atom. The Bertz CT molecular complexity index is 1590. The van der Waals surface area contributed by atoms with Gasteiger partial charge in [-0.25, -0.2) is 13.6 Å². The highest BCUT2D eigenvalue weighted by atomic mass is 32.2. The van der Waals surface area contributed by atoms with Crippen LogP contribution in [0.5, 0.6) is 17.2 Å². The lowest BCUT2D eigenvalue weighted by Crippen LogP contribution is -2.14. The van der Waals surface area contributed by atoms with Crippen LogP contribution >= 0.6 is 0 Å². The quantitative estimate of drug-likeness (QED) is 0.185. The first-order valence-electron chi connectivity index (χ1n) is 11.0. The second-order valence-electron chi connectivity index (χ2n) is 7.98. The van der Waals surface area contributed by atoms with E-state index < -0.39 is 15.9 Å². The number of anilines is 1. The van der Waals surface area contributed by atoms with Crippen LogP contribution in [0.15, 0.2) is 95.9 Å². The first-order chi connectivity index (χ1) is 17.7. The molecule has 38 heavy (non-hydrogen) atoms. The molecule has 0 aliphatic carbocycles. The number of carbonyl (C=O) groups excluding carboxylic acids is 1. The molecular formula is C28H28N4O5S. The van der Waals surface area contributed by atoms with Gasteiger partial charge in [0.15, 0.2) is 5.75 Å². The Hall–Kier alpha value is -4.67. The summed E-state index contributed by atoms with van der Waals surface area (Å²) >= 11 is 0. The van der Waals surface area contributed by atoms with Crippen molar-refractivity contribution in [1.29, 1.82) is 5.41 Å². The van der Waals surface area contributed by atoms with Crippen LogP contribution in [0.2, 0.25) is 0 Å². The molecule has 0 saturated heterocycles. The number of primary sulfonamides is 1. The molecule has 0 heterocycles. The molecule has 4 aromatic rings. The number of hydrogen-bond acceptors (Lipinski definition) is 6. The summed E-state index contributed by atoms with van der Waals surface area (Å²) in [6.45, 7) is 0. The van der Waals surface area contributed by atoms with Crippen molar-refractivity contribution in [3.63, 3.8) is 0 Å². The van der Waals surface area contributed by atoms with Gasteiger partial charge < -0.3 is 20.5 Å². The van der Waals surface area contributed by atoms with Crippen LogP contribution < -0.4 is 25.7 Å². The third kappa shape index (κ3) is 6.36. The number of ether oxygens (including phenoxy) is 2. The molecule has 0 atom stereocenters. The van der Waals surface area contributed by atoms with Gasteiger partial charge in [0.05, 0.1) is 17.7 Å². The Kier molecular flexibility index (Phi) is 8.51. The summed E-state index contributed by atoms with van der Waals surface area (Å²) in [6, 6.07) is 24.5. The molecule has 9 nitrogen and oxygen atoms in total. The summed E-state index contributed by atoms with van der Waals surface area (Å²) in [6.07, 6.45) is 0. The van der Waals surface area contributed by atoms with Gasteiger partial charge in [0, 0.05) is 22.8 Å². The minimum absolute atomic E-state index is 0. The van der Waals surface area contributed by atoms with Crippen molar-refractivity contribution in [2.75, 3.05) is 12.4 Å². The lowest BCUT2D eigenvalue weighted by atomic mass is 10.0. The largest absolute Gasteiger partial charge is 0.497 e. The lowest BCUT2D eigenvalue weighted by Gasteiger charge is -2.14. The van der Waals surface area contributed by atoms with E-state index in [9.17, 15) is 13.2 Å². The Balaban J connectivity index is 0.00000400. The van der Waals surface area contributed by atoms with Crippen LogP contribution in [0.25, 0.3) is 11.1 Å². The molecule has 0 aromatic heterocycles.